The topological polar surface area (TPSA) is 65.9 Å². The lowest BCUT2D eigenvalue weighted by atomic mass is 10.0. The van der Waals surface area contributed by atoms with Crippen molar-refractivity contribution < 1.29 is 4.74 Å². The van der Waals surface area contributed by atoms with Gasteiger partial charge in [-0.25, -0.2) is 0 Å². The second-order valence-electron chi connectivity index (χ2n) is 3.55. The molecule has 2 aromatic rings. The molecule has 1 N–H and O–H groups in total. The molecule has 2 rings (SSSR count). The number of hydrogen-bond acceptors (Lipinski definition) is 3. The highest BCUT2D eigenvalue weighted by Gasteiger charge is 2.13. The molecule has 0 fully saturated rings. The average molecular weight is 305 g/mol. The molecule has 90 valence electrons. The number of halogens is 1. The van der Waals surface area contributed by atoms with Gasteiger partial charge in [0.15, 0.2) is 0 Å². The minimum atomic E-state index is -0.406. The zero-order valence-corrected chi connectivity index (χ0v) is 11.1. The summed E-state index contributed by atoms with van der Waals surface area (Å²) in [7, 11) is 1.55. The molecule has 5 heteroatoms. The van der Waals surface area contributed by atoms with Crippen LogP contribution in [0.15, 0.2) is 39.7 Å². The van der Waals surface area contributed by atoms with E-state index in [1.165, 1.54) is 6.20 Å². The highest BCUT2D eigenvalue weighted by Crippen LogP contribution is 2.33. The SMILES string of the molecule is COc1ccc(Br)cc1-c1cc[nH]c(=O)c1C#N. The Hall–Kier alpha value is -2.06. The molecule has 18 heavy (non-hydrogen) atoms. The first-order valence-electron chi connectivity index (χ1n) is 5.13. The van der Waals surface area contributed by atoms with Gasteiger partial charge in [0.2, 0.25) is 0 Å². The van der Waals surface area contributed by atoms with Crippen molar-refractivity contribution in [3.05, 3.63) is 50.9 Å². The first kappa shape index (κ1) is 12.4. The van der Waals surface area contributed by atoms with Gasteiger partial charge in [0.25, 0.3) is 5.56 Å². The highest BCUT2D eigenvalue weighted by molar-refractivity contribution is 9.10. The summed E-state index contributed by atoms with van der Waals surface area (Å²) in [4.78, 5) is 14.1. The molecule has 1 aromatic carbocycles. The first-order chi connectivity index (χ1) is 8.67. The fourth-order valence-electron chi connectivity index (χ4n) is 1.70. The predicted octanol–water partition coefficient (Wildman–Crippen LogP) is 2.68. The van der Waals surface area contributed by atoms with Crippen LogP contribution in [0, 0.1) is 11.3 Å². The van der Waals surface area contributed by atoms with E-state index in [1.807, 2.05) is 18.2 Å². The average Bonchev–Trinajstić information content (AvgIpc) is 2.38. The van der Waals surface area contributed by atoms with Crippen molar-refractivity contribution in [3.8, 4) is 22.9 Å². The Balaban J connectivity index is 2.77. The molecule has 0 spiro atoms. The highest BCUT2D eigenvalue weighted by atomic mass is 79.9. The Kier molecular flexibility index (Phi) is 3.49. The Labute approximate surface area is 112 Å². The predicted molar refractivity (Wildman–Crippen MR) is 71.5 cm³/mol. The van der Waals surface area contributed by atoms with E-state index >= 15 is 0 Å². The van der Waals surface area contributed by atoms with Crippen molar-refractivity contribution >= 4 is 15.9 Å². The molecule has 0 aliphatic rings. The second kappa shape index (κ2) is 5.07. The standard InChI is InChI=1S/C13H9BrN2O2/c1-18-12-3-2-8(14)6-10(12)9-4-5-16-13(17)11(9)7-15/h2-6H,1H3,(H,16,17). The fourth-order valence-corrected chi connectivity index (χ4v) is 2.07. The Morgan fingerprint density at radius 1 is 1.33 bits per heavy atom. The van der Waals surface area contributed by atoms with E-state index in [9.17, 15) is 4.79 Å². The molecule has 0 aliphatic carbocycles. The molecular weight excluding hydrogens is 296 g/mol. The zero-order valence-electron chi connectivity index (χ0n) is 9.53. The third-order valence-electron chi connectivity index (χ3n) is 2.52. The fraction of sp³-hybridized carbons (Fsp3) is 0.0769. The molecule has 1 aromatic heterocycles. The molecule has 4 nitrogen and oxygen atoms in total. The van der Waals surface area contributed by atoms with Crippen LogP contribution in [0.3, 0.4) is 0 Å². The molecule has 0 atom stereocenters. The van der Waals surface area contributed by atoms with Gasteiger partial charge in [-0.05, 0) is 24.3 Å². The van der Waals surface area contributed by atoms with E-state index < -0.39 is 5.56 Å². The summed E-state index contributed by atoms with van der Waals surface area (Å²) in [6.45, 7) is 0. The number of nitriles is 1. The zero-order chi connectivity index (χ0) is 13.1. The van der Waals surface area contributed by atoms with Crippen molar-refractivity contribution in [3.63, 3.8) is 0 Å². The second-order valence-corrected chi connectivity index (χ2v) is 4.47. The number of aromatic nitrogens is 1. The lowest BCUT2D eigenvalue weighted by molar-refractivity contribution is 0.416. The van der Waals surface area contributed by atoms with Crippen molar-refractivity contribution in [2.24, 2.45) is 0 Å². The maximum Gasteiger partial charge on any atom is 0.266 e. The van der Waals surface area contributed by atoms with E-state index in [0.29, 0.717) is 16.9 Å². The molecular formula is C13H9BrN2O2. The summed E-state index contributed by atoms with van der Waals surface area (Å²) in [6, 6.07) is 9.03. The van der Waals surface area contributed by atoms with E-state index in [4.69, 9.17) is 10.00 Å². The Morgan fingerprint density at radius 3 is 2.78 bits per heavy atom. The summed E-state index contributed by atoms with van der Waals surface area (Å²) in [6.07, 6.45) is 1.51. The molecule has 0 saturated carbocycles. The molecule has 0 unspecified atom stereocenters. The van der Waals surface area contributed by atoms with Crippen LogP contribution in [0.5, 0.6) is 5.75 Å². The number of aromatic amines is 1. The van der Waals surface area contributed by atoms with Gasteiger partial charge in [-0.3, -0.25) is 4.79 Å². The lowest BCUT2D eigenvalue weighted by Gasteiger charge is -2.09. The summed E-state index contributed by atoms with van der Waals surface area (Å²) in [5.41, 5.74) is 0.930. The number of nitrogens with one attached hydrogen (secondary N) is 1. The van der Waals surface area contributed by atoms with E-state index in [-0.39, 0.29) is 5.56 Å². The molecule has 0 bridgehead atoms. The number of benzene rings is 1. The van der Waals surface area contributed by atoms with Gasteiger partial charge in [-0.15, -0.1) is 0 Å². The monoisotopic (exact) mass is 304 g/mol. The van der Waals surface area contributed by atoms with Gasteiger partial charge in [0.05, 0.1) is 7.11 Å². The summed E-state index contributed by atoms with van der Waals surface area (Å²) in [5, 5.41) is 9.07. The normalized spacial score (nSPS) is 9.83. The van der Waals surface area contributed by atoms with Crippen molar-refractivity contribution in [1.29, 1.82) is 5.26 Å². The van der Waals surface area contributed by atoms with E-state index in [0.717, 1.165) is 4.47 Å². The minimum Gasteiger partial charge on any atom is -0.496 e. The van der Waals surface area contributed by atoms with Gasteiger partial charge in [-0.2, -0.15) is 5.26 Å². The largest absolute Gasteiger partial charge is 0.496 e. The number of methoxy groups -OCH3 is 1. The third kappa shape index (κ3) is 2.15. The molecule has 0 aliphatic heterocycles. The maximum atomic E-state index is 11.6. The van der Waals surface area contributed by atoms with Crippen molar-refractivity contribution in [1.82, 2.24) is 4.98 Å². The van der Waals surface area contributed by atoms with Gasteiger partial charge in [0.1, 0.15) is 17.4 Å². The third-order valence-corrected chi connectivity index (χ3v) is 3.02. The number of rotatable bonds is 2. The lowest BCUT2D eigenvalue weighted by Crippen LogP contribution is -2.10. The van der Waals surface area contributed by atoms with Gasteiger partial charge in [0, 0.05) is 21.8 Å². The minimum absolute atomic E-state index is 0.0777. The van der Waals surface area contributed by atoms with Gasteiger partial charge < -0.3 is 9.72 Å². The van der Waals surface area contributed by atoms with Crippen LogP contribution >= 0.6 is 15.9 Å². The quantitative estimate of drug-likeness (QED) is 0.927. The molecule has 1 heterocycles. The smallest absolute Gasteiger partial charge is 0.266 e. The van der Waals surface area contributed by atoms with Crippen LogP contribution in [-0.4, -0.2) is 12.1 Å². The van der Waals surface area contributed by atoms with Crippen LogP contribution in [0.4, 0.5) is 0 Å². The Morgan fingerprint density at radius 2 is 2.11 bits per heavy atom. The number of ether oxygens (including phenoxy) is 1. The number of nitrogens with zero attached hydrogens (tertiary/aromatic N) is 1. The molecule has 0 radical (unpaired) electrons. The van der Waals surface area contributed by atoms with E-state index in [2.05, 4.69) is 20.9 Å². The first-order valence-corrected chi connectivity index (χ1v) is 5.92. The Bertz CT molecular complexity index is 686. The van der Waals surface area contributed by atoms with E-state index in [1.54, 1.807) is 19.2 Å². The number of H-pyrrole nitrogens is 1. The molecule has 0 saturated heterocycles. The number of hydrogen-bond donors (Lipinski definition) is 1. The maximum absolute atomic E-state index is 11.6. The van der Waals surface area contributed by atoms with Gasteiger partial charge in [-0.1, -0.05) is 15.9 Å². The molecule has 0 amide bonds. The van der Waals surface area contributed by atoms with Crippen LogP contribution in [0.1, 0.15) is 5.56 Å². The van der Waals surface area contributed by atoms with Crippen LogP contribution in [0.2, 0.25) is 0 Å². The summed E-state index contributed by atoms with van der Waals surface area (Å²) < 4.78 is 6.10. The number of pyridine rings is 1. The van der Waals surface area contributed by atoms with Gasteiger partial charge >= 0.3 is 0 Å². The van der Waals surface area contributed by atoms with Crippen molar-refractivity contribution in [2.75, 3.05) is 7.11 Å². The summed E-state index contributed by atoms with van der Waals surface area (Å²) >= 11 is 3.36. The van der Waals surface area contributed by atoms with Crippen LogP contribution < -0.4 is 10.3 Å². The van der Waals surface area contributed by atoms with Crippen LogP contribution in [0.25, 0.3) is 11.1 Å². The van der Waals surface area contributed by atoms with Crippen LogP contribution in [-0.2, 0) is 0 Å². The van der Waals surface area contributed by atoms with Crippen molar-refractivity contribution in [2.45, 2.75) is 0 Å². The summed E-state index contributed by atoms with van der Waals surface area (Å²) in [5.74, 6) is 0.611.